The van der Waals surface area contributed by atoms with Crippen molar-refractivity contribution < 1.29 is 4.74 Å². The zero-order valence-corrected chi connectivity index (χ0v) is 24.3. The lowest BCUT2D eigenvalue weighted by atomic mass is 9.98. The maximum Gasteiger partial charge on any atom is 0.152 e. The topological polar surface area (TPSA) is 19.1 Å². The molecule has 0 radical (unpaired) electrons. The van der Waals surface area contributed by atoms with Crippen LogP contribution in [0.5, 0.6) is 11.5 Å². The smallest absolute Gasteiger partial charge is 0.152 e. The molecule has 3 heteroatoms. The molecule has 0 saturated heterocycles. The third kappa shape index (κ3) is 3.52. The van der Waals surface area contributed by atoms with Crippen molar-refractivity contribution in [3.63, 3.8) is 0 Å². The van der Waals surface area contributed by atoms with Gasteiger partial charge in [-0.2, -0.15) is 0 Å². The summed E-state index contributed by atoms with van der Waals surface area (Å²) in [5, 5.41) is 5.00. The summed E-state index contributed by atoms with van der Waals surface area (Å²) in [7, 11) is 0. The van der Waals surface area contributed by atoms with Crippen LogP contribution < -0.4 is 4.74 Å². The molecule has 7 aromatic carbocycles. The predicted octanol–water partition coefficient (Wildman–Crippen LogP) is 11.3. The molecule has 0 saturated carbocycles. The number of ether oxygens (including phenoxy) is 1. The van der Waals surface area contributed by atoms with E-state index in [1.54, 1.807) is 0 Å². The summed E-state index contributed by atoms with van der Waals surface area (Å²) in [6.45, 7) is 0. The Morgan fingerprint density at radius 1 is 0.356 bits per heavy atom. The Morgan fingerprint density at radius 3 is 1.60 bits per heavy atom. The first-order chi connectivity index (χ1) is 22.3. The molecule has 210 valence electrons. The maximum absolute atomic E-state index is 6.56. The molecule has 3 nitrogen and oxygen atoms in total. The molecule has 0 unspecified atom stereocenters. The minimum Gasteiger partial charge on any atom is -0.453 e. The quantitative estimate of drug-likeness (QED) is 0.205. The lowest BCUT2D eigenvalue weighted by Gasteiger charge is -2.21. The number of hydrogen-bond acceptors (Lipinski definition) is 1. The Morgan fingerprint density at radius 2 is 0.889 bits per heavy atom. The molecule has 1 aliphatic rings. The van der Waals surface area contributed by atoms with E-state index in [0.29, 0.717) is 0 Å². The molecule has 0 bridgehead atoms. The Kier molecular flexibility index (Phi) is 5.00. The average Bonchev–Trinajstić information content (AvgIpc) is 3.63. The van der Waals surface area contributed by atoms with Gasteiger partial charge in [0.2, 0.25) is 0 Å². The van der Waals surface area contributed by atoms with Crippen LogP contribution in [0.4, 0.5) is 0 Å². The minimum absolute atomic E-state index is 0.868. The number of fused-ring (bicyclic) bond motifs is 8. The van der Waals surface area contributed by atoms with Crippen LogP contribution in [-0.4, -0.2) is 9.13 Å². The predicted molar refractivity (Wildman–Crippen MR) is 186 cm³/mol. The number of benzene rings is 7. The number of nitrogens with zero attached hydrogens (tertiary/aromatic N) is 2. The Balaban J connectivity index is 1.08. The molecular weight excluding hydrogens is 548 g/mol. The van der Waals surface area contributed by atoms with Crippen molar-refractivity contribution in [2.75, 3.05) is 0 Å². The molecule has 45 heavy (non-hydrogen) atoms. The van der Waals surface area contributed by atoms with Gasteiger partial charge >= 0.3 is 0 Å². The van der Waals surface area contributed by atoms with Crippen LogP contribution >= 0.6 is 0 Å². The van der Waals surface area contributed by atoms with Crippen molar-refractivity contribution in [3.8, 4) is 45.1 Å². The molecule has 0 fully saturated rings. The van der Waals surface area contributed by atoms with Gasteiger partial charge in [0.05, 0.1) is 27.8 Å². The van der Waals surface area contributed by atoms with E-state index in [4.69, 9.17) is 4.74 Å². The van der Waals surface area contributed by atoms with E-state index in [2.05, 4.69) is 167 Å². The van der Waals surface area contributed by atoms with Gasteiger partial charge < -0.3 is 13.9 Å². The van der Waals surface area contributed by atoms with Crippen molar-refractivity contribution in [1.29, 1.82) is 0 Å². The normalized spacial score (nSPS) is 12.2. The van der Waals surface area contributed by atoms with Gasteiger partial charge in [0.15, 0.2) is 11.5 Å². The minimum atomic E-state index is 0.868. The fraction of sp³-hybridized carbons (Fsp3) is 0. The lowest BCUT2D eigenvalue weighted by molar-refractivity contribution is 0.476. The highest BCUT2D eigenvalue weighted by molar-refractivity contribution is 6.12. The third-order valence-corrected chi connectivity index (χ3v) is 9.29. The summed E-state index contributed by atoms with van der Waals surface area (Å²) in [6.07, 6.45) is 0. The molecule has 0 amide bonds. The summed E-state index contributed by atoms with van der Waals surface area (Å²) < 4.78 is 11.3. The molecule has 9 aromatic rings. The zero-order chi connectivity index (χ0) is 29.5. The van der Waals surface area contributed by atoms with E-state index in [0.717, 1.165) is 39.5 Å². The number of aromatic nitrogens is 2. The Bertz CT molecular complexity index is 2580. The second-order valence-electron chi connectivity index (χ2n) is 11.8. The van der Waals surface area contributed by atoms with Gasteiger partial charge in [0.1, 0.15) is 0 Å². The van der Waals surface area contributed by atoms with Crippen LogP contribution in [0.2, 0.25) is 0 Å². The summed E-state index contributed by atoms with van der Waals surface area (Å²) in [6, 6.07) is 56.5. The van der Waals surface area contributed by atoms with E-state index in [1.165, 1.54) is 49.2 Å². The van der Waals surface area contributed by atoms with Crippen molar-refractivity contribution in [3.05, 3.63) is 158 Å². The standard InChI is InChI=1S/C42H26N2O/c1-4-18-36-32(14-1)33-15-2-5-19-37(33)43(36)31-13-8-12-29(25-31)27-10-7-11-28(24-27)30-22-23-39-41(26-30)45-40-21-9-17-35-34-16-3-6-20-38(34)44(39)42(35)40/h1-26H. The van der Waals surface area contributed by atoms with Crippen molar-refractivity contribution in [2.45, 2.75) is 0 Å². The third-order valence-electron chi connectivity index (χ3n) is 9.29. The van der Waals surface area contributed by atoms with Gasteiger partial charge in [-0.3, -0.25) is 0 Å². The van der Waals surface area contributed by atoms with E-state index >= 15 is 0 Å². The van der Waals surface area contributed by atoms with E-state index < -0.39 is 0 Å². The first kappa shape index (κ1) is 24.4. The Labute approximate surface area is 259 Å². The number of para-hydroxylation sites is 4. The first-order valence-electron chi connectivity index (χ1n) is 15.4. The molecule has 2 aromatic heterocycles. The molecule has 0 aliphatic carbocycles. The van der Waals surface area contributed by atoms with E-state index in [1.807, 2.05) is 0 Å². The molecule has 0 atom stereocenters. The SMILES string of the molecule is c1cc(-c2cccc(-n3c4ccccc4c4ccccc43)c2)cc(-c2ccc3c(c2)Oc2cccc4c5ccccc5n-3c24)c1. The molecule has 0 spiro atoms. The highest BCUT2D eigenvalue weighted by Crippen LogP contribution is 2.46. The molecule has 1 aliphatic heterocycles. The molecule has 0 N–H and O–H groups in total. The van der Waals surface area contributed by atoms with Crippen LogP contribution in [-0.2, 0) is 0 Å². The van der Waals surface area contributed by atoms with Gasteiger partial charge in [0, 0.05) is 27.2 Å². The summed E-state index contributed by atoms with van der Waals surface area (Å²) in [5.41, 5.74) is 11.6. The number of hydrogen-bond donors (Lipinski definition) is 0. The summed E-state index contributed by atoms with van der Waals surface area (Å²) in [5.74, 6) is 1.76. The van der Waals surface area contributed by atoms with Crippen LogP contribution in [0, 0.1) is 0 Å². The average molecular weight is 575 g/mol. The Hall–Kier alpha value is -6.06. The highest BCUT2D eigenvalue weighted by atomic mass is 16.5. The van der Waals surface area contributed by atoms with Crippen molar-refractivity contribution in [1.82, 2.24) is 9.13 Å². The van der Waals surface area contributed by atoms with Gasteiger partial charge in [-0.1, -0.05) is 103 Å². The zero-order valence-electron chi connectivity index (χ0n) is 24.3. The van der Waals surface area contributed by atoms with E-state index in [9.17, 15) is 0 Å². The number of rotatable bonds is 3. The van der Waals surface area contributed by atoms with Crippen LogP contribution in [0.25, 0.3) is 77.2 Å². The van der Waals surface area contributed by atoms with Crippen molar-refractivity contribution >= 4 is 43.6 Å². The van der Waals surface area contributed by atoms with Crippen LogP contribution in [0.15, 0.2) is 158 Å². The van der Waals surface area contributed by atoms with Crippen LogP contribution in [0.3, 0.4) is 0 Å². The fourth-order valence-corrected chi connectivity index (χ4v) is 7.30. The summed E-state index contributed by atoms with van der Waals surface area (Å²) in [4.78, 5) is 0. The first-order valence-corrected chi connectivity index (χ1v) is 15.4. The van der Waals surface area contributed by atoms with E-state index in [-0.39, 0.29) is 0 Å². The second kappa shape index (κ2) is 9.22. The fourth-order valence-electron chi connectivity index (χ4n) is 7.30. The second-order valence-corrected chi connectivity index (χ2v) is 11.8. The van der Waals surface area contributed by atoms with Crippen molar-refractivity contribution in [2.24, 2.45) is 0 Å². The molecule has 3 heterocycles. The van der Waals surface area contributed by atoms with Gasteiger partial charge in [-0.25, -0.2) is 0 Å². The molecular formula is C42H26N2O. The largest absolute Gasteiger partial charge is 0.453 e. The highest BCUT2D eigenvalue weighted by Gasteiger charge is 2.24. The monoisotopic (exact) mass is 574 g/mol. The van der Waals surface area contributed by atoms with Crippen LogP contribution in [0.1, 0.15) is 0 Å². The van der Waals surface area contributed by atoms with Gasteiger partial charge in [-0.05, 0) is 76.9 Å². The summed E-state index contributed by atoms with van der Waals surface area (Å²) >= 11 is 0. The van der Waals surface area contributed by atoms with Gasteiger partial charge in [-0.15, -0.1) is 0 Å². The van der Waals surface area contributed by atoms with Gasteiger partial charge in [0.25, 0.3) is 0 Å². The lowest BCUT2D eigenvalue weighted by Crippen LogP contribution is -2.04. The maximum atomic E-state index is 6.56. The molecule has 10 rings (SSSR count).